The number of ether oxygens (including phenoxy) is 2. The first-order valence-corrected chi connectivity index (χ1v) is 10.2. The van der Waals surface area contributed by atoms with Crippen LogP contribution in [-0.2, 0) is 10.0 Å². The molecule has 3 aromatic rings. The molecule has 0 aliphatic carbocycles. The van der Waals surface area contributed by atoms with E-state index < -0.39 is 15.9 Å². The van der Waals surface area contributed by atoms with Gasteiger partial charge in [0.2, 0.25) is 10.0 Å². The number of carbonyl (C=O) groups is 1. The van der Waals surface area contributed by atoms with E-state index >= 15 is 0 Å². The highest BCUT2D eigenvalue weighted by Crippen LogP contribution is 2.29. The Kier molecular flexibility index (Phi) is 5.85. The summed E-state index contributed by atoms with van der Waals surface area (Å²) >= 11 is 0. The maximum Gasteiger partial charge on any atom is 0.273 e. The average molecular weight is 416 g/mol. The van der Waals surface area contributed by atoms with Crippen molar-refractivity contribution in [2.24, 2.45) is 5.14 Å². The summed E-state index contributed by atoms with van der Waals surface area (Å²) in [6.07, 6.45) is 0. The molecule has 0 radical (unpaired) electrons. The molecule has 2 aromatic carbocycles. The fraction of sp³-hybridized carbons (Fsp3) is 0.158. The van der Waals surface area contributed by atoms with Gasteiger partial charge >= 0.3 is 0 Å². The molecule has 0 atom stereocenters. The summed E-state index contributed by atoms with van der Waals surface area (Å²) in [5, 5.41) is 14.7. The van der Waals surface area contributed by atoms with Gasteiger partial charge in [-0.05, 0) is 43.3 Å². The fourth-order valence-corrected chi connectivity index (χ4v) is 3.41. The number of sulfonamides is 1. The van der Waals surface area contributed by atoms with Crippen LogP contribution in [0.25, 0.3) is 11.3 Å². The Morgan fingerprint density at radius 3 is 2.62 bits per heavy atom. The van der Waals surface area contributed by atoms with Crippen LogP contribution in [0.15, 0.2) is 53.4 Å². The number of nitrogens with one attached hydrogen (secondary N) is 2. The number of nitrogens with two attached hydrogens (primary N) is 1. The smallest absolute Gasteiger partial charge is 0.273 e. The van der Waals surface area contributed by atoms with Crippen LogP contribution in [0.2, 0.25) is 0 Å². The van der Waals surface area contributed by atoms with Gasteiger partial charge in [0.05, 0.1) is 25.1 Å². The van der Waals surface area contributed by atoms with Crippen molar-refractivity contribution in [3.8, 4) is 22.8 Å². The van der Waals surface area contributed by atoms with Gasteiger partial charge in [-0.1, -0.05) is 12.1 Å². The Hall–Kier alpha value is -3.37. The van der Waals surface area contributed by atoms with Gasteiger partial charge in [-0.2, -0.15) is 5.10 Å². The Morgan fingerprint density at radius 1 is 1.17 bits per heavy atom. The summed E-state index contributed by atoms with van der Waals surface area (Å²) < 4.78 is 34.1. The number of rotatable bonds is 7. The Labute approximate surface area is 167 Å². The van der Waals surface area contributed by atoms with Crippen molar-refractivity contribution in [1.82, 2.24) is 10.2 Å². The van der Waals surface area contributed by atoms with E-state index in [1.165, 1.54) is 25.3 Å². The quantitative estimate of drug-likeness (QED) is 0.541. The van der Waals surface area contributed by atoms with Crippen molar-refractivity contribution in [2.45, 2.75) is 11.8 Å². The molecule has 4 N–H and O–H groups in total. The number of primary sulfonamides is 1. The summed E-state index contributed by atoms with van der Waals surface area (Å²) in [6.45, 7) is 2.31. The molecule has 0 bridgehead atoms. The zero-order valence-corrected chi connectivity index (χ0v) is 16.6. The van der Waals surface area contributed by atoms with E-state index in [1.54, 1.807) is 24.3 Å². The minimum atomic E-state index is -3.99. The second-order valence-corrected chi connectivity index (χ2v) is 7.49. The first kappa shape index (κ1) is 20.4. The van der Waals surface area contributed by atoms with Crippen LogP contribution < -0.4 is 19.9 Å². The lowest BCUT2D eigenvalue weighted by Crippen LogP contribution is -2.13. The number of nitrogens with zero attached hydrogens (tertiary/aromatic N) is 1. The van der Waals surface area contributed by atoms with Crippen molar-refractivity contribution < 1.29 is 22.7 Å². The number of aromatic amines is 1. The summed E-state index contributed by atoms with van der Waals surface area (Å²) in [7, 11) is -2.64. The first-order valence-electron chi connectivity index (χ1n) is 8.63. The molecule has 152 valence electrons. The molecular formula is C19H20N4O5S. The SMILES string of the molecule is CCOc1ccccc1NC(=O)c1cc(-c2ccc(OC)c(S(N)(=O)=O)c2)n[nH]1. The lowest BCUT2D eigenvalue weighted by Gasteiger charge is -2.10. The zero-order valence-electron chi connectivity index (χ0n) is 15.8. The van der Waals surface area contributed by atoms with Crippen LogP contribution in [0, 0.1) is 0 Å². The van der Waals surface area contributed by atoms with E-state index in [0.717, 1.165) is 0 Å². The average Bonchev–Trinajstić information content (AvgIpc) is 3.19. The lowest BCUT2D eigenvalue weighted by molar-refractivity contribution is 0.102. The summed E-state index contributed by atoms with van der Waals surface area (Å²) in [4.78, 5) is 12.4. The largest absolute Gasteiger partial charge is 0.495 e. The molecule has 3 rings (SSSR count). The monoisotopic (exact) mass is 416 g/mol. The number of methoxy groups -OCH3 is 1. The molecular weight excluding hydrogens is 396 g/mol. The van der Waals surface area contributed by atoms with Gasteiger partial charge in [-0.15, -0.1) is 0 Å². The van der Waals surface area contributed by atoms with Crippen molar-refractivity contribution >= 4 is 21.6 Å². The Morgan fingerprint density at radius 2 is 1.93 bits per heavy atom. The molecule has 1 aromatic heterocycles. The lowest BCUT2D eigenvalue weighted by atomic mass is 10.1. The molecule has 0 saturated heterocycles. The van der Waals surface area contributed by atoms with Crippen LogP contribution in [-0.4, -0.2) is 38.2 Å². The van der Waals surface area contributed by atoms with E-state index in [0.29, 0.717) is 29.3 Å². The second kappa shape index (κ2) is 8.33. The molecule has 0 aliphatic heterocycles. The normalized spacial score (nSPS) is 11.1. The van der Waals surface area contributed by atoms with Crippen LogP contribution in [0.3, 0.4) is 0 Å². The molecule has 0 fully saturated rings. The number of H-pyrrole nitrogens is 1. The topological polar surface area (TPSA) is 136 Å². The zero-order chi connectivity index (χ0) is 21.0. The van der Waals surface area contributed by atoms with Gasteiger partial charge in [0, 0.05) is 5.56 Å². The van der Waals surface area contributed by atoms with Gasteiger partial charge in [0.25, 0.3) is 5.91 Å². The second-order valence-electron chi connectivity index (χ2n) is 5.96. The number of hydrogen-bond donors (Lipinski definition) is 3. The standard InChI is InChI=1S/C19H20N4O5S/c1-3-28-16-7-5-4-6-13(16)21-19(24)15-11-14(22-23-15)12-8-9-17(27-2)18(10-12)29(20,25)26/h4-11H,3H2,1-2H3,(H,21,24)(H,22,23)(H2,20,25,26). The van der Waals surface area contributed by atoms with E-state index in [-0.39, 0.29) is 16.3 Å². The number of benzene rings is 2. The maximum atomic E-state index is 12.6. The number of hydrogen-bond acceptors (Lipinski definition) is 6. The minimum absolute atomic E-state index is 0.122. The fourth-order valence-electron chi connectivity index (χ4n) is 2.69. The van der Waals surface area contributed by atoms with Crippen LogP contribution in [0.1, 0.15) is 17.4 Å². The van der Waals surface area contributed by atoms with Crippen molar-refractivity contribution in [3.05, 3.63) is 54.2 Å². The van der Waals surface area contributed by atoms with Crippen molar-refractivity contribution in [3.63, 3.8) is 0 Å². The molecule has 1 amide bonds. The predicted molar refractivity (Wildman–Crippen MR) is 108 cm³/mol. The van der Waals surface area contributed by atoms with Gasteiger partial charge in [0.15, 0.2) is 0 Å². The van der Waals surface area contributed by atoms with Gasteiger partial charge in [-0.3, -0.25) is 9.89 Å². The van der Waals surface area contributed by atoms with Crippen molar-refractivity contribution in [1.29, 1.82) is 0 Å². The Bertz CT molecular complexity index is 1140. The third-order valence-corrected chi connectivity index (χ3v) is 4.96. The summed E-state index contributed by atoms with van der Waals surface area (Å²) in [5.41, 5.74) is 1.55. The molecule has 0 spiro atoms. The van der Waals surface area contributed by atoms with Gasteiger partial charge < -0.3 is 14.8 Å². The Balaban J connectivity index is 1.87. The van der Waals surface area contributed by atoms with Gasteiger partial charge in [0.1, 0.15) is 22.1 Å². The number of anilines is 1. The highest BCUT2D eigenvalue weighted by atomic mass is 32.2. The van der Waals surface area contributed by atoms with E-state index in [4.69, 9.17) is 14.6 Å². The van der Waals surface area contributed by atoms with E-state index in [2.05, 4.69) is 15.5 Å². The number of aromatic nitrogens is 2. The van der Waals surface area contributed by atoms with Crippen molar-refractivity contribution in [2.75, 3.05) is 19.0 Å². The number of carbonyl (C=O) groups excluding carboxylic acids is 1. The summed E-state index contributed by atoms with van der Waals surface area (Å²) in [5.74, 6) is 0.254. The third kappa shape index (κ3) is 4.55. The van der Waals surface area contributed by atoms with Crippen LogP contribution in [0.4, 0.5) is 5.69 Å². The molecule has 0 saturated carbocycles. The van der Waals surface area contributed by atoms with Crippen LogP contribution >= 0.6 is 0 Å². The van der Waals surface area contributed by atoms with E-state index in [1.807, 2.05) is 13.0 Å². The molecule has 1 heterocycles. The highest BCUT2D eigenvalue weighted by Gasteiger charge is 2.18. The summed E-state index contributed by atoms with van der Waals surface area (Å²) in [6, 6.07) is 13.0. The molecule has 29 heavy (non-hydrogen) atoms. The molecule has 0 unspecified atom stereocenters. The molecule has 9 nitrogen and oxygen atoms in total. The number of para-hydroxylation sites is 2. The first-order chi connectivity index (χ1) is 13.8. The van der Waals surface area contributed by atoms with Gasteiger partial charge in [-0.25, -0.2) is 13.6 Å². The number of amides is 1. The van der Waals surface area contributed by atoms with Crippen LogP contribution in [0.5, 0.6) is 11.5 Å². The highest BCUT2D eigenvalue weighted by molar-refractivity contribution is 7.89. The minimum Gasteiger partial charge on any atom is -0.495 e. The molecule has 10 heteroatoms. The maximum absolute atomic E-state index is 12.6. The van der Waals surface area contributed by atoms with E-state index in [9.17, 15) is 13.2 Å². The predicted octanol–water partition coefficient (Wildman–Crippen LogP) is 2.38. The molecule has 0 aliphatic rings. The third-order valence-electron chi connectivity index (χ3n) is 4.02.